The van der Waals surface area contributed by atoms with Crippen LogP contribution in [0, 0.1) is 0 Å². The Labute approximate surface area is 149 Å². The Kier molecular flexibility index (Phi) is 5.08. The highest BCUT2D eigenvalue weighted by Gasteiger charge is 2.09. The average molecular weight is 358 g/mol. The Hall–Kier alpha value is -2.43. The number of aromatic nitrogens is 2. The lowest BCUT2D eigenvalue weighted by Gasteiger charge is -2.07. The lowest BCUT2D eigenvalue weighted by Crippen LogP contribution is -2.23. The van der Waals surface area contributed by atoms with Crippen LogP contribution in [-0.4, -0.2) is 15.9 Å². The number of rotatable bonds is 4. The van der Waals surface area contributed by atoms with Gasteiger partial charge in [-0.05, 0) is 35.9 Å². The second kappa shape index (κ2) is 7.43. The van der Waals surface area contributed by atoms with Crippen LogP contribution in [-0.2, 0) is 6.54 Å². The number of pyridine rings is 2. The van der Waals surface area contributed by atoms with Crippen LogP contribution in [0.1, 0.15) is 16.1 Å². The fourth-order valence-corrected chi connectivity index (χ4v) is 2.47. The first kappa shape index (κ1) is 16.4. The van der Waals surface area contributed by atoms with Gasteiger partial charge in [-0.3, -0.25) is 14.8 Å². The van der Waals surface area contributed by atoms with Crippen LogP contribution in [0.5, 0.6) is 0 Å². The van der Waals surface area contributed by atoms with E-state index in [1.54, 1.807) is 30.6 Å². The van der Waals surface area contributed by atoms with E-state index in [1.165, 1.54) is 6.20 Å². The molecule has 0 saturated heterocycles. The van der Waals surface area contributed by atoms with Crippen molar-refractivity contribution in [2.45, 2.75) is 6.54 Å². The van der Waals surface area contributed by atoms with Crippen LogP contribution in [0.25, 0.3) is 11.1 Å². The predicted molar refractivity (Wildman–Crippen MR) is 95.1 cm³/mol. The van der Waals surface area contributed by atoms with Crippen molar-refractivity contribution in [3.63, 3.8) is 0 Å². The first-order chi connectivity index (χ1) is 11.6. The Morgan fingerprint density at radius 1 is 1.00 bits per heavy atom. The zero-order chi connectivity index (χ0) is 16.9. The van der Waals surface area contributed by atoms with Crippen LogP contribution in [0.4, 0.5) is 0 Å². The molecule has 4 nitrogen and oxygen atoms in total. The van der Waals surface area contributed by atoms with Crippen LogP contribution >= 0.6 is 23.2 Å². The third-order valence-corrected chi connectivity index (χ3v) is 4.15. The molecular weight excluding hydrogens is 345 g/mol. The van der Waals surface area contributed by atoms with Gasteiger partial charge in [-0.2, -0.15) is 0 Å². The molecule has 1 amide bonds. The van der Waals surface area contributed by atoms with Crippen LogP contribution in [0.2, 0.25) is 10.0 Å². The number of benzene rings is 1. The molecule has 0 aliphatic heterocycles. The van der Waals surface area contributed by atoms with Gasteiger partial charge in [0, 0.05) is 24.2 Å². The molecule has 2 aromatic heterocycles. The molecule has 2 heterocycles. The fraction of sp³-hybridized carbons (Fsp3) is 0.0556. The fourth-order valence-electron chi connectivity index (χ4n) is 2.17. The topological polar surface area (TPSA) is 54.9 Å². The van der Waals surface area contributed by atoms with Gasteiger partial charge in [-0.15, -0.1) is 0 Å². The van der Waals surface area contributed by atoms with Gasteiger partial charge in [-0.1, -0.05) is 35.3 Å². The minimum Gasteiger partial charge on any atom is -0.346 e. The number of nitrogens with one attached hydrogen (secondary N) is 1. The molecule has 0 aliphatic rings. The molecule has 120 valence electrons. The average Bonchev–Trinajstić information content (AvgIpc) is 2.63. The standard InChI is InChI=1S/C18H13Cl2N3O/c19-16-5-4-12(8-17(16)20)13-7-14(10-21-9-13)18(24)23-11-15-3-1-2-6-22-15/h1-10H,11H2,(H,23,24). The van der Waals surface area contributed by atoms with E-state index in [9.17, 15) is 4.79 Å². The maximum atomic E-state index is 12.3. The van der Waals surface area contributed by atoms with E-state index in [4.69, 9.17) is 23.2 Å². The van der Waals surface area contributed by atoms with Gasteiger partial charge in [0.2, 0.25) is 0 Å². The van der Waals surface area contributed by atoms with Crippen molar-refractivity contribution in [2.75, 3.05) is 0 Å². The number of amides is 1. The maximum absolute atomic E-state index is 12.3. The van der Waals surface area contributed by atoms with Crippen LogP contribution in [0.3, 0.4) is 0 Å². The zero-order valence-corrected chi connectivity index (χ0v) is 14.1. The van der Waals surface area contributed by atoms with Crippen LogP contribution < -0.4 is 5.32 Å². The van der Waals surface area contributed by atoms with E-state index < -0.39 is 0 Å². The van der Waals surface area contributed by atoms with Gasteiger partial charge in [0.05, 0.1) is 27.8 Å². The lowest BCUT2D eigenvalue weighted by atomic mass is 10.1. The normalized spacial score (nSPS) is 10.4. The zero-order valence-electron chi connectivity index (χ0n) is 12.5. The maximum Gasteiger partial charge on any atom is 0.253 e. The van der Waals surface area contributed by atoms with Crippen molar-refractivity contribution < 1.29 is 4.79 Å². The summed E-state index contributed by atoms with van der Waals surface area (Å²) in [6.07, 6.45) is 4.89. The third kappa shape index (κ3) is 3.91. The van der Waals surface area contributed by atoms with Gasteiger partial charge in [-0.25, -0.2) is 0 Å². The number of hydrogen-bond donors (Lipinski definition) is 1. The molecule has 3 rings (SSSR count). The van der Waals surface area contributed by atoms with E-state index in [0.29, 0.717) is 22.2 Å². The Morgan fingerprint density at radius 2 is 1.88 bits per heavy atom. The first-order valence-corrected chi connectivity index (χ1v) is 7.97. The number of halogens is 2. The molecule has 1 aromatic carbocycles. The van der Waals surface area contributed by atoms with Gasteiger partial charge >= 0.3 is 0 Å². The van der Waals surface area contributed by atoms with Gasteiger partial charge < -0.3 is 5.32 Å². The molecule has 0 atom stereocenters. The molecule has 0 saturated carbocycles. The van der Waals surface area contributed by atoms with E-state index in [0.717, 1.165) is 16.8 Å². The highest BCUT2D eigenvalue weighted by atomic mass is 35.5. The summed E-state index contributed by atoms with van der Waals surface area (Å²) in [6, 6.07) is 12.6. The summed E-state index contributed by atoms with van der Waals surface area (Å²) in [6.45, 7) is 0.358. The number of carbonyl (C=O) groups excluding carboxylic acids is 1. The third-order valence-electron chi connectivity index (χ3n) is 3.41. The molecule has 0 spiro atoms. The second-order valence-electron chi connectivity index (χ2n) is 5.09. The lowest BCUT2D eigenvalue weighted by molar-refractivity contribution is 0.0950. The largest absolute Gasteiger partial charge is 0.346 e. The molecule has 0 bridgehead atoms. The predicted octanol–water partition coefficient (Wildman–Crippen LogP) is 4.38. The molecule has 24 heavy (non-hydrogen) atoms. The molecule has 0 radical (unpaired) electrons. The highest BCUT2D eigenvalue weighted by Crippen LogP contribution is 2.28. The van der Waals surface area contributed by atoms with E-state index in [1.807, 2.05) is 24.3 Å². The molecule has 0 unspecified atom stereocenters. The van der Waals surface area contributed by atoms with Gasteiger partial charge in [0.25, 0.3) is 5.91 Å². The SMILES string of the molecule is O=C(NCc1ccccn1)c1cncc(-c2ccc(Cl)c(Cl)c2)c1. The molecule has 1 N–H and O–H groups in total. The number of hydrogen-bond acceptors (Lipinski definition) is 3. The van der Waals surface area contributed by atoms with Crippen molar-refractivity contribution in [3.8, 4) is 11.1 Å². The monoisotopic (exact) mass is 357 g/mol. The summed E-state index contributed by atoms with van der Waals surface area (Å²) in [5, 5.41) is 3.77. The van der Waals surface area contributed by atoms with Gasteiger partial charge in [0.1, 0.15) is 0 Å². The molecular formula is C18H13Cl2N3O. The highest BCUT2D eigenvalue weighted by molar-refractivity contribution is 6.42. The molecule has 6 heteroatoms. The summed E-state index contributed by atoms with van der Waals surface area (Å²) in [5.74, 6) is -0.213. The summed E-state index contributed by atoms with van der Waals surface area (Å²) in [7, 11) is 0. The first-order valence-electron chi connectivity index (χ1n) is 7.22. The number of carbonyl (C=O) groups is 1. The van der Waals surface area contributed by atoms with E-state index >= 15 is 0 Å². The summed E-state index contributed by atoms with van der Waals surface area (Å²) >= 11 is 12.0. The summed E-state index contributed by atoms with van der Waals surface area (Å²) in [5.41, 5.74) is 2.89. The van der Waals surface area contributed by atoms with Crippen molar-refractivity contribution in [2.24, 2.45) is 0 Å². The van der Waals surface area contributed by atoms with Gasteiger partial charge in [0.15, 0.2) is 0 Å². The van der Waals surface area contributed by atoms with Crippen molar-refractivity contribution in [3.05, 3.63) is 82.4 Å². The van der Waals surface area contributed by atoms with Crippen molar-refractivity contribution >= 4 is 29.1 Å². The van der Waals surface area contributed by atoms with Crippen molar-refractivity contribution in [1.29, 1.82) is 0 Å². The minimum atomic E-state index is -0.213. The summed E-state index contributed by atoms with van der Waals surface area (Å²) in [4.78, 5) is 20.6. The number of nitrogens with zero attached hydrogens (tertiary/aromatic N) is 2. The Bertz CT molecular complexity index is 869. The van der Waals surface area contributed by atoms with E-state index in [2.05, 4.69) is 15.3 Å². The smallest absolute Gasteiger partial charge is 0.253 e. The quantitative estimate of drug-likeness (QED) is 0.753. The minimum absolute atomic E-state index is 0.213. The molecule has 0 fully saturated rings. The second-order valence-corrected chi connectivity index (χ2v) is 5.91. The molecule has 3 aromatic rings. The Morgan fingerprint density at radius 3 is 2.62 bits per heavy atom. The van der Waals surface area contributed by atoms with Crippen molar-refractivity contribution in [1.82, 2.24) is 15.3 Å². The molecule has 0 aliphatic carbocycles. The summed E-state index contributed by atoms with van der Waals surface area (Å²) < 4.78 is 0. The van der Waals surface area contributed by atoms with Crippen LogP contribution in [0.15, 0.2) is 61.1 Å². The van der Waals surface area contributed by atoms with E-state index in [-0.39, 0.29) is 5.91 Å². The Balaban J connectivity index is 1.77.